The molecule has 2 amide bonds. The van der Waals surface area contributed by atoms with Gasteiger partial charge in [-0.2, -0.15) is 0 Å². The van der Waals surface area contributed by atoms with Crippen LogP contribution in [0.25, 0.3) is 10.6 Å². The number of nitrogens with zero attached hydrogens (tertiary/aromatic N) is 1. The fraction of sp³-hybridized carbons (Fsp3) is 0.400. The number of rotatable bonds is 12. The van der Waals surface area contributed by atoms with Crippen LogP contribution < -0.4 is 10.6 Å². The predicted molar refractivity (Wildman–Crippen MR) is 115 cm³/mol. The smallest absolute Gasteiger partial charge is 0.328 e. The van der Waals surface area contributed by atoms with Crippen molar-refractivity contribution in [1.29, 1.82) is 0 Å². The fourth-order valence-corrected chi connectivity index (χ4v) is 3.53. The first-order valence-corrected chi connectivity index (χ1v) is 10.9. The number of hydrogen-bond acceptors (Lipinski definition) is 6. The molecule has 0 aliphatic rings. The molecule has 0 fully saturated rings. The highest BCUT2D eigenvalue weighted by atomic mass is 35.5. The summed E-state index contributed by atoms with van der Waals surface area (Å²) in [6, 6.07) is 6.05. The Morgan fingerprint density at radius 3 is 2.50 bits per heavy atom. The summed E-state index contributed by atoms with van der Waals surface area (Å²) in [5.41, 5.74) is 1.82. The lowest BCUT2D eigenvalue weighted by Gasteiger charge is -2.09. The predicted octanol–water partition coefficient (Wildman–Crippen LogP) is 2.40. The summed E-state index contributed by atoms with van der Waals surface area (Å²) in [5, 5.41) is 25.1. The van der Waals surface area contributed by atoms with Gasteiger partial charge in [-0.3, -0.25) is 9.59 Å². The number of aromatic nitrogens is 1. The van der Waals surface area contributed by atoms with Crippen LogP contribution in [-0.4, -0.2) is 51.5 Å². The third-order valence-corrected chi connectivity index (χ3v) is 5.41. The number of unbranched alkanes of at least 4 members (excludes halogenated alkanes) is 2. The van der Waals surface area contributed by atoms with E-state index in [4.69, 9.17) is 21.8 Å². The van der Waals surface area contributed by atoms with E-state index in [1.165, 1.54) is 16.7 Å². The van der Waals surface area contributed by atoms with E-state index in [0.717, 1.165) is 30.4 Å². The number of aliphatic hydroxyl groups is 1. The Hall–Kier alpha value is -2.49. The Labute approximate surface area is 183 Å². The number of carbonyl (C=O) groups is 3. The number of hydrogen-bond donors (Lipinski definition) is 4. The van der Waals surface area contributed by atoms with Gasteiger partial charge in [-0.25, -0.2) is 9.78 Å². The SMILES string of the molecule is O=C(CCCCCCl)NCc1ccc(-c2nc(C(=O)N[C@@H](CO)C(=O)O)cs2)cc1. The molecule has 162 valence electrons. The van der Waals surface area contributed by atoms with Gasteiger partial charge >= 0.3 is 5.97 Å². The number of thiazole rings is 1. The van der Waals surface area contributed by atoms with Crippen molar-refractivity contribution in [2.45, 2.75) is 38.3 Å². The van der Waals surface area contributed by atoms with Crippen LogP contribution >= 0.6 is 22.9 Å². The highest BCUT2D eigenvalue weighted by Crippen LogP contribution is 2.24. The van der Waals surface area contributed by atoms with Crippen molar-refractivity contribution in [2.24, 2.45) is 0 Å². The largest absolute Gasteiger partial charge is 0.480 e. The average Bonchev–Trinajstić information content (AvgIpc) is 3.24. The molecule has 1 atom stereocenters. The number of carboxylic acid groups (broad SMARTS) is 1. The van der Waals surface area contributed by atoms with Gasteiger partial charge in [-0.1, -0.05) is 30.7 Å². The molecule has 2 aromatic rings. The average molecular weight is 454 g/mol. The molecule has 4 N–H and O–H groups in total. The second kappa shape index (κ2) is 12.3. The molecule has 1 aromatic heterocycles. The minimum atomic E-state index is -1.38. The van der Waals surface area contributed by atoms with Gasteiger partial charge in [-0.15, -0.1) is 22.9 Å². The van der Waals surface area contributed by atoms with Crippen LogP contribution in [0.2, 0.25) is 0 Å². The summed E-state index contributed by atoms with van der Waals surface area (Å²) < 4.78 is 0. The standard InChI is InChI=1S/C20H24ClN3O5S/c21-9-3-1-2-4-17(26)22-10-13-5-7-14(8-6-13)19-24-16(12-30-19)18(27)23-15(11-25)20(28)29/h5-8,12,15,25H,1-4,9-11H2,(H,22,26)(H,23,27)(H,28,29)/t15-/m0/s1. The van der Waals surface area contributed by atoms with E-state index < -0.39 is 24.5 Å². The summed E-state index contributed by atoms with van der Waals surface area (Å²) in [4.78, 5) is 39.1. The molecular weight excluding hydrogens is 430 g/mol. The first-order chi connectivity index (χ1) is 14.4. The second-order valence-electron chi connectivity index (χ2n) is 6.56. The zero-order valence-electron chi connectivity index (χ0n) is 16.3. The number of aliphatic carboxylic acids is 1. The molecule has 0 radical (unpaired) electrons. The number of nitrogens with one attached hydrogen (secondary N) is 2. The van der Waals surface area contributed by atoms with Crippen molar-refractivity contribution >= 4 is 40.7 Å². The van der Waals surface area contributed by atoms with Gasteiger partial charge in [0, 0.05) is 29.8 Å². The Bertz CT molecular complexity index is 856. The second-order valence-corrected chi connectivity index (χ2v) is 7.79. The molecular formula is C20H24ClN3O5S. The quantitative estimate of drug-likeness (QED) is 0.288. The number of aliphatic hydroxyl groups excluding tert-OH is 1. The van der Waals surface area contributed by atoms with Crippen LogP contribution in [0.4, 0.5) is 0 Å². The van der Waals surface area contributed by atoms with Gasteiger partial charge < -0.3 is 20.8 Å². The summed E-state index contributed by atoms with van der Waals surface area (Å²) >= 11 is 6.86. The van der Waals surface area contributed by atoms with Crippen LogP contribution in [0.1, 0.15) is 41.7 Å². The van der Waals surface area contributed by atoms with Crippen molar-refractivity contribution < 1.29 is 24.6 Å². The molecule has 0 unspecified atom stereocenters. The molecule has 0 spiro atoms. The van der Waals surface area contributed by atoms with Crippen LogP contribution in [-0.2, 0) is 16.1 Å². The number of carboxylic acids is 1. The molecule has 0 aliphatic heterocycles. The lowest BCUT2D eigenvalue weighted by Crippen LogP contribution is -2.43. The van der Waals surface area contributed by atoms with Gasteiger partial charge in [0.1, 0.15) is 10.7 Å². The monoisotopic (exact) mass is 453 g/mol. The van der Waals surface area contributed by atoms with Crippen LogP contribution in [0.5, 0.6) is 0 Å². The summed E-state index contributed by atoms with van der Waals surface area (Å²) in [5.74, 6) is -1.36. The van der Waals surface area contributed by atoms with E-state index in [2.05, 4.69) is 15.6 Å². The maximum absolute atomic E-state index is 12.1. The molecule has 1 heterocycles. The lowest BCUT2D eigenvalue weighted by molar-refractivity contribution is -0.140. The van der Waals surface area contributed by atoms with Crippen molar-refractivity contribution in [3.05, 3.63) is 40.9 Å². The minimum absolute atomic E-state index is 0.00627. The van der Waals surface area contributed by atoms with E-state index in [1.54, 1.807) is 0 Å². The van der Waals surface area contributed by atoms with Crippen LogP contribution in [0, 0.1) is 0 Å². The summed E-state index contributed by atoms with van der Waals surface area (Å²) in [7, 11) is 0. The van der Waals surface area contributed by atoms with E-state index in [0.29, 0.717) is 23.9 Å². The first-order valence-electron chi connectivity index (χ1n) is 9.46. The molecule has 0 saturated carbocycles. The molecule has 0 saturated heterocycles. The van der Waals surface area contributed by atoms with E-state index in [9.17, 15) is 14.4 Å². The van der Waals surface area contributed by atoms with Crippen molar-refractivity contribution in [2.75, 3.05) is 12.5 Å². The third kappa shape index (κ3) is 7.40. The van der Waals surface area contributed by atoms with Crippen LogP contribution in [0.15, 0.2) is 29.6 Å². The number of benzene rings is 1. The third-order valence-electron chi connectivity index (χ3n) is 4.25. The topological polar surface area (TPSA) is 129 Å². The van der Waals surface area contributed by atoms with E-state index in [1.807, 2.05) is 24.3 Å². The van der Waals surface area contributed by atoms with E-state index >= 15 is 0 Å². The van der Waals surface area contributed by atoms with Gasteiger partial charge in [-0.05, 0) is 18.4 Å². The summed E-state index contributed by atoms with van der Waals surface area (Å²) in [6.07, 6.45) is 3.16. The lowest BCUT2D eigenvalue weighted by atomic mass is 10.1. The van der Waals surface area contributed by atoms with Crippen LogP contribution in [0.3, 0.4) is 0 Å². The van der Waals surface area contributed by atoms with Crippen molar-refractivity contribution in [3.8, 4) is 10.6 Å². The molecule has 0 aliphatic carbocycles. The Morgan fingerprint density at radius 2 is 1.87 bits per heavy atom. The molecule has 1 aromatic carbocycles. The Balaban J connectivity index is 1.88. The molecule has 8 nitrogen and oxygen atoms in total. The van der Waals surface area contributed by atoms with E-state index in [-0.39, 0.29) is 11.6 Å². The van der Waals surface area contributed by atoms with Gasteiger partial charge in [0.2, 0.25) is 5.91 Å². The normalized spacial score (nSPS) is 11.7. The molecule has 30 heavy (non-hydrogen) atoms. The minimum Gasteiger partial charge on any atom is -0.480 e. The number of halogens is 1. The summed E-state index contributed by atoms with van der Waals surface area (Å²) in [6.45, 7) is -0.276. The van der Waals surface area contributed by atoms with Gasteiger partial charge in [0.25, 0.3) is 5.91 Å². The Morgan fingerprint density at radius 1 is 1.13 bits per heavy atom. The highest BCUT2D eigenvalue weighted by molar-refractivity contribution is 7.13. The van der Waals surface area contributed by atoms with Crippen molar-refractivity contribution in [1.82, 2.24) is 15.6 Å². The first kappa shape index (κ1) is 23.8. The number of alkyl halides is 1. The molecule has 2 rings (SSSR count). The van der Waals surface area contributed by atoms with Crippen molar-refractivity contribution in [3.63, 3.8) is 0 Å². The Kier molecular flexibility index (Phi) is 9.72. The number of amides is 2. The van der Waals surface area contributed by atoms with Gasteiger partial charge in [0.05, 0.1) is 6.61 Å². The molecule has 0 bridgehead atoms. The number of carbonyl (C=O) groups excluding carboxylic acids is 2. The highest BCUT2D eigenvalue weighted by Gasteiger charge is 2.21. The maximum Gasteiger partial charge on any atom is 0.328 e. The maximum atomic E-state index is 12.1. The molecule has 10 heteroatoms. The zero-order chi connectivity index (χ0) is 21.9. The van der Waals surface area contributed by atoms with Gasteiger partial charge in [0.15, 0.2) is 6.04 Å². The fourth-order valence-electron chi connectivity index (χ4n) is 2.54. The zero-order valence-corrected chi connectivity index (χ0v) is 17.8.